The molecule has 2 aliphatic rings. The first-order valence-electron chi connectivity index (χ1n) is 28.0. The van der Waals surface area contributed by atoms with E-state index < -0.39 is 124 Å². The van der Waals surface area contributed by atoms with E-state index in [0.29, 0.717) is 24.2 Å². The number of carbonyl (C=O) groups is 8. The van der Waals surface area contributed by atoms with E-state index in [9.17, 15) is 84.7 Å². The van der Waals surface area contributed by atoms with Crippen molar-refractivity contribution >= 4 is 84.5 Å². The van der Waals surface area contributed by atoms with Gasteiger partial charge in [-0.05, 0) is 73.1 Å². The minimum atomic E-state index is -5.09. The number of fused-ring (bicyclic) bond motifs is 2. The van der Waals surface area contributed by atoms with Gasteiger partial charge in [0.25, 0.3) is 20.2 Å². The van der Waals surface area contributed by atoms with Gasteiger partial charge >= 0.3 is 23.9 Å². The molecule has 2 aliphatic heterocycles. The predicted molar refractivity (Wildman–Crippen MR) is 311 cm³/mol. The van der Waals surface area contributed by atoms with Gasteiger partial charge < -0.3 is 56.3 Å². The molecule has 476 valence electrons. The monoisotopic (exact) mass is 1260 g/mol. The van der Waals surface area contributed by atoms with Crippen molar-refractivity contribution in [2.75, 3.05) is 122 Å². The molecular formula is C54H74N12O19S2. The lowest BCUT2D eigenvalue weighted by atomic mass is 10.0. The predicted octanol–water partition coefficient (Wildman–Crippen LogP) is -1.75. The molecule has 4 amide bonds. The molecule has 31 nitrogen and oxygen atoms in total. The third kappa shape index (κ3) is 23.7. The number of ether oxygens (including phenoxy) is 1. The van der Waals surface area contributed by atoms with Crippen LogP contribution in [0.3, 0.4) is 0 Å². The Morgan fingerprint density at radius 3 is 1.83 bits per heavy atom. The number of rotatable bonds is 31. The topological polar surface area (TPSA) is 439 Å². The van der Waals surface area contributed by atoms with Crippen molar-refractivity contribution in [3.05, 3.63) is 83.4 Å². The number of aryl methyl sites for hydroxylation is 3. The van der Waals surface area contributed by atoms with Gasteiger partial charge in [-0.25, -0.2) is 4.98 Å². The summed E-state index contributed by atoms with van der Waals surface area (Å²) in [4.78, 5) is 115. The van der Waals surface area contributed by atoms with Gasteiger partial charge in [0, 0.05) is 107 Å². The van der Waals surface area contributed by atoms with Crippen LogP contribution in [0.4, 0.5) is 5.82 Å². The van der Waals surface area contributed by atoms with Crippen LogP contribution in [0.2, 0.25) is 0 Å². The highest BCUT2D eigenvalue weighted by atomic mass is 32.2. The maximum Gasteiger partial charge on any atom is 0.317 e. The Labute approximate surface area is 501 Å². The van der Waals surface area contributed by atoms with Crippen molar-refractivity contribution < 1.29 is 89.5 Å². The zero-order valence-electron chi connectivity index (χ0n) is 47.6. The van der Waals surface area contributed by atoms with Crippen molar-refractivity contribution in [2.45, 2.75) is 63.1 Å². The quantitative estimate of drug-likeness (QED) is 0.0197. The number of nitrogens with one attached hydrogen (secondary N) is 5. The largest absolute Gasteiger partial charge is 0.492 e. The normalized spacial score (nSPS) is 16.1. The van der Waals surface area contributed by atoms with Gasteiger partial charge in [0.15, 0.2) is 0 Å². The lowest BCUT2D eigenvalue weighted by molar-refractivity contribution is -0.140. The SMILES string of the molecule is O=C(O)CC(c1cncc(OCCCC(=O)NCCNC(=O)[C@H](CS(=O)(=O)O)NC(=O)C(CS(=O)(=O)O)NC(=O)CN2CCN(CC(=O)O)CCN(CC(=O)O)CCN(CC(=O)O)CC2)c1)n1ccc2c(CCc3ccc4c(n3)NCCC4)cccc21. The van der Waals surface area contributed by atoms with Crippen LogP contribution in [0.1, 0.15) is 54.1 Å². The zero-order chi connectivity index (χ0) is 63.3. The van der Waals surface area contributed by atoms with Crippen LogP contribution in [-0.4, -0.2) is 256 Å². The maximum absolute atomic E-state index is 13.6. The van der Waals surface area contributed by atoms with Gasteiger partial charge in [-0.2, -0.15) is 16.8 Å². The summed E-state index contributed by atoms with van der Waals surface area (Å²) in [5, 5.41) is 51.8. The van der Waals surface area contributed by atoms with Crippen molar-refractivity contribution in [1.29, 1.82) is 0 Å². The van der Waals surface area contributed by atoms with E-state index in [2.05, 4.69) is 38.4 Å². The van der Waals surface area contributed by atoms with E-state index in [1.165, 1.54) is 31.4 Å². The summed E-state index contributed by atoms with van der Waals surface area (Å²) in [6.45, 7) is -1.50. The molecule has 3 atom stereocenters. The van der Waals surface area contributed by atoms with Crippen LogP contribution in [0, 0.1) is 0 Å². The molecule has 87 heavy (non-hydrogen) atoms. The van der Waals surface area contributed by atoms with Gasteiger partial charge in [-0.1, -0.05) is 18.2 Å². The molecule has 0 aliphatic carbocycles. The lowest BCUT2D eigenvalue weighted by Crippen LogP contribution is -2.58. The number of amides is 4. The first-order chi connectivity index (χ1) is 41.3. The van der Waals surface area contributed by atoms with Crippen molar-refractivity contribution in [1.82, 2.24) is 55.4 Å². The van der Waals surface area contributed by atoms with Crippen LogP contribution in [0.15, 0.2) is 61.1 Å². The second-order valence-corrected chi connectivity index (χ2v) is 24.0. The third-order valence-corrected chi connectivity index (χ3v) is 15.8. The van der Waals surface area contributed by atoms with E-state index in [-0.39, 0.29) is 91.3 Å². The summed E-state index contributed by atoms with van der Waals surface area (Å²) in [5.41, 5.74) is 4.67. The lowest BCUT2D eigenvalue weighted by Gasteiger charge is -2.33. The average molecular weight is 1260 g/mol. The minimum absolute atomic E-state index is 0.0154. The highest BCUT2D eigenvalue weighted by Gasteiger charge is 2.33. The van der Waals surface area contributed by atoms with E-state index >= 15 is 0 Å². The van der Waals surface area contributed by atoms with Crippen LogP contribution in [0.5, 0.6) is 5.75 Å². The summed E-state index contributed by atoms with van der Waals surface area (Å²) in [5.74, 6) is -10.6. The number of hydrogen-bond acceptors (Lipinski definition) is 20. The fraction of sp³-hybridized carbons (Fsp3) is 0.519. The summed E-state index contributed by atoms with van der Waals surface area (Å²) in [6.07, 6.45) is 8.23. The van der Waals surface area contributed by atoms with Crippen molar-refractivity contribution in [2.24, 2.45) is 0 Å². The second kappa shape index (κ2) is 32.7. The molecule has 0 spiro atoms. The Balaban J connectivity index is 0.992. The molecule has 1 fully saturated rings. The molecule has 11 N–H and O–H groups in total. The standard InChI is InChI=1S/C54H74N12O19S2/c67-46(7-3-25-85-40-26-38(28-55-29-40)45(27-48(69)70)66-16-12-41-36(4-1-6-44(41)66)8-10-39-11-9-37-5-2-13-57-52(37)59-39)56-14-15-58-53(77)42(34-86(79,80)81)61-54(78)43(35-87(82,83)84)60-47(68)30-62-17-19-63(31-49(71)72)21-23-65(33-51(75)76)24-22-64(20-18-62)32-50(73)74/h1,4,6,9,11-12,16,26,28-29,42-43,45H,2-3,5,7-8,10,13-15,17-25,27,30-35H2,(H,56,67)(H,57,59)(H,58,77)(H,60,68)(H,61,78)(H,69,70)(H,71,72)(H,73,74)(H,75,76)(H,79,80,81)(H,82,83,84)/t42-,43?,45?/m0/s1. The van der Waals surface area contributed by atoms with Gasteiger partial charge in [-0.3, -0.25) is 72.0 Å². The molecule has 1 aromatic carbocycles. The molecule has 4 aromatic rings. The Kier molecular flexibility index (Phi) is 25.6. The van der Waals surface area contributed by atoms with Crippen molar-refractivity contribution in [3.8, 4) is 5.75 Å². The fourth-order valence-electron chi connectivity index (χ4n) is 10.1. The number of aliphatic carboxylic acids is 4. The average Bonchev–Trinajstić information content (AvgIpc) is 1.78. The summed E-state index contributed by atoms with van der Waals surface area (Å²) >= 11 is 0. The second-order valence-electron chi connectivity index (χ2n) is 21.0. The zero-order valence-corrected chi connectivity index (χ0v) is 49.3. The van der Waals surface area contributed by atoms with Gasteiger partial charge in [0.05, 0.1) is 51.4 Å². The molecule has 0 radical (unpaired) electrons. The minimum Gasteiger partial charge on any atom is -0.492 e. The Morgan fingerprint density at radius 2 is 1.24 bits per heavy atom. The molecule has 2 unspecified atom stereocenters. The van der Waals surface area contributed by atoms with E-state index in [0.717, 1.165) is 47.4 Å². The van der Waals surface area contributed by atoms with Gasteiger partial charge in [-0.15, -0.1) is 0 Å². The smallest absolute Gasteiger partial charge is 0.317 e. The molecule has 0 bridgehead atoms. The number of aromatic nitrogens is 3. The number of carbonyl (C=O) groups excluding carboxylic acids is 4. The summed E-state index contributed by atoms with van der Waals surface area (Å²) < 4.78 is 75.4. The number of hydrogen-bond donors (Lipinski definition) is 11. The van der Waals surface area contributed by atoms with Crippen LogP contribution < -0.4 is 31.3 Å². The molecular weight excluding hydrogens is 1180 g/mol. The Hall–Kier alpha value is -7.92. The van der Waals surface area contributed by atoms with E-state index in [1.807, 2.05) is 40.3 Å². The van der Waals surface area contributed by atoms with Gasteiger partial charge in [0.1, 0.15) is 35.2 Å². The first-order valence-corrected chi connectivity index (χ1v) is 31.2. The summed E-state index contributed by atoms with van der Waals surface area (Å²) in [6, 6.07) is 8.79. The highest BCUT2D eigenvalue weighted by Crippen LogP contribution is 2.31. The highest BCUT2D eigenvalue weighted by molar-refractivity contribution is 7.86. The molecule has 3 aromatic heterocycles. The van der Waals surface area contributed by atoms with E-state index in [4.69, 9.17) is 9.72 Å². The third-order valence-electron chi connectivity index (χ3n) is 14.3. The molecule has 33 heteroatoms. The van der Waals surface area contributed by atoms with Gasteiger partial charge in [0.2, 0.25) is 23.6 Å². The van der Waals surface area contributed by atoms with Crippen molar-refractivity contribution in [3.63, 3.8) is 0 Å². The molecule has 5 heterocycles. The molecule has 1 saturated heterocycles. The number of benzene rings is 1. The number of anilines is 1. The Morgan fingerprint density at radius 1 is 0.655 bits per heavy atom. The fourth-order valence-corrected chi connectivity index (χ4v) is 11.4. The Bertz CT molecular complexity index is 3280. The van der Waals surface area contributed by atoms with Crippen LogP contribution >= 0.6 is 0 Å². The maximum atomic E-state index is 13.6. The van der Waals surface area contributed by atoms with Crippen LogP contribution in [-0.2, 0) is 77.9 Å². The van der Waals surface area contributed by atoms with Crippen LogP contribution in [0.25, 0.3) is 10.9 Å². The summed E-state index contributed by atoms with van der Waals surface area (Å²) in [7, 11) is -10.1. The first kappa shape index (κ1) is 68.2. The number of nitrogens with zero attached hydrogens (tertiary/aromatic N) is 7. The number of carboxylic acid groups (broad SMARTS) is 4. The molecule has 0 saturated carbocycles. The number of carboxylic acids is 4. The molecule has 6 rings (SSSR count). The van der Waals surface area contributed by atoms with E-state index in [1.54, 1.807) is 12.3 Å². The number of pyridine rings is 2.